The van der Waals surface area contributed by atoms with Gasteiger partial charge in [0.1, 0.15) is 0 Å². The van der Waals surface area contributed by atoms with Gasteiger partial charge in [-0.05, 0) is 33.4 Å². The Morgan fingerprint density at radius 2 is 0.328 bits per heavy atom. The van der Waals surface area contributed by atoms with Crippen molar-refractivity contribution in [1.82, 2.24) is 29.4 Å². The summed E-state index contributed by atoms with van der Waals surface area (Å²) >= 11 is 0. The van der Waals surface area contributed by atoms with Crippen molar-refractivity contribution in [3.05, 3.63) is 215 Å². The van der Waals surface area contributed by atoms with Crippen LogP contribution in [0.1, 0.15) is 33.4 Å². The first-order valence-corrected chi connectivity index (χ1v) is 22.5. The fourth-order valence-corrected chi connectivity index (χ4v) is 8.37. The van der Waals surface area contributed by atoms with E-state index < -0.39 is 0 Å². The van der Waals surface area contributed by atoms with Gasteiger partial charge in [-0.2, -0.15) is 0 Å². The number of hydrogen-bond acceptors (Lipinski definition) is 8. The quantitative estimate of drug-likeness (QED) is 0.0717. The molecule has 348 valence electrons. The molecule has 6 aromatic carbocycles. The van der Waals surface area contributed by atoms with Crippen molar-refractivity contribution >= 4 is 0 Å². The van der Waals surface area contributed by atoms with Crippen LogP contribution >= 0.6 is 0 Å². The summed E-state index contributed by atoms with van der Waals surface area (Å²) in [5, 5.41) is 12.0. The third-order valence-electron chi connectivity index (χ3n) is 11.9. The van der Waals surface area contributed by atoms with Crippen LogP contribution < -0.4 is 0 Å². The molecular weight excluding hydrogens is 892 g/mol. The molecular formula is C54H68Cu2N6O2. The average Bonchev–Trinajstić information content (AvgIpc) is 3.48. The van der Waals surface area contributed by atoms with Crippen molar-refractivity contribution in [1.29, 1.82) is 0 Å². The molecule has 0 aliphatic carbocycles. The van der Waals surface area contributed by atoms with Crippen LogP contribution in [-0.4, -0.2) is 118 Å². The van der Waals surface area contributed by atoms with Gasteiger partial charge in [0.25, 0.3) is 0 Å². The second-order valence-electron chi connectivity index (χ2n) is 16.6. The van der Waals surface area contributed by atoms with Crippen LogP contribution in [0.3, 0.4) is 0 Å². The molecule has 2 N–H and O–H groups in total. The molecule has 2 aliphatic heterocycles. The Balaban J connectivity index is 0.000000262. The molecule has 2 heterocycles. The Morgan fingerprint density at radius 1 is 0.219 bits per heavy atom. The van der Waals surface area contributed by atoms with E-state index in [1.54, 1.807) is 0 Å². The van der Waals surface area contributed by atoms with Crippen molar-refractivity contribution in [2.45, 2.75) is 39.3 Å². The predicted molar refractivity (Wildman–Crippen MR) is 256 cm³/mol. The zero-order valence-electron chi connectivity index (χ0n) is 37.2. The fraction of sp³-hybridized carbons (Fsp3) is 0.333. The van der Waals surface area contributed by atoms with E-state index in [-0.39, 0.29) is 34.1 Å². The summed E-state index contributed by atoms with van der Waals surface area (Å²) < 4.78 is 0. The van der Waals surface area contributed by atoms with Crippen LogP contribution in [-0.2, 0) is 73.4 Å². The van der Waals surface area contributed by atoms with Gasteiger partial charge >= 0.3 is 0 Å². The first kappa shape index (κ1) is 52.7. The third-order valence-corrected chi connectivity index (χ3v) is 11.9. The van der Waals surface area contributed by atoms with Gasteiger partial charge in [0, 0.05) is 152 Å². The van der Waals surface area contributed by atoms with Crippen LogP contribution in [0.4, 0.5) is 0 Å². The van der Waals surface area contributed by atoms with E-state index in [4.69, 9.17) is 10.5 Å². The van der Waals surface area contributed by atoms with Crippen molar-refractivity contribution < 1.29 is 44.7 Å². The van der Waals surface area contributed by atoms with E-state index in [0.29, 0.717) is 0 Å². The second-order valence-corrected chi connectivity index (χ2v) is 16.6. The SMILES string of the molecule is OO.[Cu].[Cu].c1ccc(CN2CCN(Cc3ccccc3)CCN(Cc3ccccc3)CC2)cc1.c1ccc(CN2CCN(Cc3ccccc3)CCN(Cc3ccccc3)CC2)cc1. The maximum Gasteiger partial charge on any atom is 0.0234 e. The van der Waals surface area contributed by atoms with Crippen molar-refractivity contribution in [2.75, 3.05) is 78.5 Å². The van der Waals surface area contributed by atoms with E-state index in [1.165, 1.54) is 33.4 Å². The molecule has 0 unspecified atom stereocenters. The Bertz CT molecular complexity index is 1620. The number of benzene rings is 6. The minimum Gasteiger partial charge on any atom is -0.297 e. The van der Waals surface area contributed by atoms with Crippen LogP contribution in [0.5, 0.6) is 0 Å². The van der Waals surface area contributed by atoms with Gasteiger partial charge in [-0.3, -0.25) is 39.9 Å². The van der Waals surface area contributed by atoms with Gasteiger partial charge in [0.05, 0.1) is 0 Å². The molecule has 0 amide bonds. The molecule has 2 fully saturated rings. The van der Waals surface area contributed by atoms with Crippen molar-refractivity contribution in [3.63, 3.8) is 0 Å². The molecule has 64 heavy (non-hydrogen) atoms. The van der Waals surface area contributed by atoms with E-state index in [1.807, 2.05) is 0 Å². The Labute approximate surface area is 405 Å². The van der Waals surface area contributed by atoms with Gasteiger partial charge in [0.2, 0.25) is 0 Å². The van der Waals surface area contributed by atoms with Gasteiger partial charge in [-0.1, -0.05) is 182 Å². The summed E-state index contributed by atoms with van der Waals surface area (Å²) in [6.45, 7) is 19.5. The molecule has 8 nitrogen and oxygen atoms in total. The summed E-state index contributed by atoms with van der Waals surface area (Å²) in [6, 6.07) is 65.3. The average molecular weight is 960 g/mol. The molecule has 8 rings (SSSR count). The summed E-state index contributed by atoms with van der Waals surface area (Å²) in [6.07, 6.45) is 0. The molecule has 0 atom stereocenters. The molecule has 0 bridgehead atoms. The van der Waals surface area contributed by atoms with Gasteiger partial charge in [-0.15, -0.1) is 0 Å². The predicted octanol–water partition coefficient (Wildman–Crippen LogP) is 9.03. The maximum atomic E-state index is 6.00. The molecule has 0 aromatic heterocycles. The first-order valence-electron chi connectivity index (χ1n) is 22.5. The standard InChI is InChI=1S/2C27H33N3.2Cu.H2O2/c2*1-4-10-25(11-5-1)22-28-16-18-29(23-26-12-6-2-7-13-26)20-21-30(19-17-28)24-27-14-8-3-9-15-27;;;1-2/h2*1-15H,16-24H2;;;1-2H. The van der Waals surface area contributed by atoms with Gasteiger partial charge in [0.15, 0.2) is 0 Å². The second kappa shape index (κ2) is 31.0. The molecule has 10 heteroatoms. The molecule has 0 spiro atoms. The van der Waals surface area contributed by atoms with E-state index in [2.05, 4.69) is 211 Å². The summed E-state index contributed by atoms with van der Waals surface area (Å²) in [4.78, 5) is 15.7. The normalized spacial score (nSPS) is 16.2. The molecule has 0 saturated carbocycles. The summed E-state index contributed by atoms with van der Waals surface area (Å²) in [5.41, 5.74) is 8.42. The Kier molecular flexibility index (Phi) is 25.5. The van der Waals surface area contributed by atoms with Crippen LogP contribution in [0.15, 0.2) is 182 Å². The molecule has 6 aromatic rings. The number of rotatable bonds is 12. The Morgan fingerprint density at radius 3 is 0.438 bits per heavy atom. The minimum atomic E-state index is 0. The Hall–Kier alpha value is -3.96. The van der Waals surface area contributed by atoms with Crippen LogP contribution in [0.2, 0.25) is 0 Å². The van der Waals surface area contributed by atoms with E-state index in [9.17, 15) is 0 Å². The number of hydrogen-bond donors (Lipinski definition) is 2. The van der Waals surface area contributed by atoms with E-state index in [0.717, 1.165) is 118 Å². The zero-order valence-corrected chi connectivity index (χ0v) is 39.1. The summed E-state index contributed by atoms with van der Waals surface area (Å²) in [5.74, 6) is 0. The van der Waals surface area contributed by atoms with Crippen LogP contribution in [0.25, 0.3) is 0 Å². The van der Waals surface area contributed by atoms with Gasteiger partial charge in [-0.25, -0.2) is 0 Å². The summed E-state index contributed by atoms with van der Waals surface area (Å²) in [7, 11) is 0. The zero-order chi connectivity index (χ0) is 42.9. The fourth-order valence-electron chi connectivity index (χ4n) is 8.37. The smallest absolute Gasteiger partial charge is 0.0234 e. The maximum absolute atomic E-state index is 6.00. The molecule has 2 saturated heterocycles. The largest absolute Gasteiger partial charge is 0.297 e. The van der Waals surface area contributed by atoms with Crippen molar-refractivity contribution in [3.8, 4) is 0 Å². The van der Waals surface area contributed by atoms with Crippen LogP contribution in [0, 0.1) is 0 Å². The number of nitrogens with zero attached hydrogens (tertiary/aromatic N) is 6. The van der Waals surface area contributed by atoms with Gasteiger partial charge < -0.3 is 0 Å². The monoisotopic (exact) mass is 958 g/mol. The van der Waals surface area contributed by atoms with Crippen molar-refractivity contribution in [2.24, 2.45) is 0 Å². The molecule has 2 radical (unpaired) electrons. The third kappa shape index (κ3) is 19.6. The van der Waals surface area contributed by atoms with E-state index >= 15 is 0 Å². The minimum absolute atomic E-state index is 0. The topological polar surface area (TPSA) is 59.9 Å². The molecule has 2 aliphatic rings. The first-order chi connectivity index (χ1) is 30.7.